The Morgan fingerprint density at radius 3 is 1.67 bits per heavy atom. The third-order valence-electron chi connectivity index (χ3n) is 0. The third kappa shape index (κ3) is 435. The summed E-state index contributed by atoms with van der Waals surface area (Å²) in [6.45, 7) is 0. The summed E-state index contributed by atoms with van der Waals surface area (Å²) in [7, 11) is 0. The molecule has 0 N–H and O–H groups in total. The van der Waals surface area contributed by atoms with E-state index in [1.54, 1.807) is 0 Å². The van der Waals surface area contributed by atoms with E-state index in [9.17, 15) is 0 Å². The summed E-state index contributed by atoms with van der Waals surface area (Å²) in [5.74, 6) is 4.42. The normalized spacial score (nSPS) is 3.67. The Morgan fingerprint density at radius 1 is 1.67 bits per heavy atom. The van der Waals surface area contributed by atoms with E-state index in [4.69, 9.17) is 4.79 Å². The first kappa shape index (κ1) is 9.59. The lowest BCUT2D eigenvalue weighted by atomic mass is 11.9. The van der Waals surface area contributed by atoms with Crippen molar-refractivity contribution in [2.24, 2.45) is 0 Å². The van der Waals surface area contributed by atoms with Gasteiger partial charge in [0.05, 0.1) is 0 Å². The summed E-state index contributed by atoms with van der Waals surface area (Å²) in [5.41, 5.74) is 0. The van der Waals surface area contributed by atoms with Crippen LogP contribution in [0.4, 0.5) is 0 Å². The smallest absolute Gasteiger partial charge is 0.202 e. The van der Waals surface area contributed by atoms with Gasteiger partial charge in [0.25, 0.3) is 0 Å². The average Bonchev–Trinajstić information content (AvgIpc) is 1.39. The van der Waals surface area contributed by atoms with E-state index in [1.807, 2.05) is 0 Å². The zero-order valence-corrected chi connectivity index (χ0v) is 5.87. The van der Waals surface area contributed by atoms with Crippen LogP contribution in [0.3, 0.4) is 0 Å². The molecule has 0 aromatic rings. The predicted molar refractivity (Wildman–Crippen MR) is 30.8 cm³/mol. The fourth-order valence-electron chi connectivity index (χ4n) is 0. The molecule has 0 aliphatic heterocycles. The number of thiocarbonyl (C=S) groups is 1. The average molecular weight is 117 g/mol. The monoisotopic (exact) mass is 117 g/mol. The second-order valence-corrected chi connectivity index (χ2v) is 1.98. The highest BCUT2D eigenvalue weighted by atomic mass is 32.1. The largest absolute Gasteiger partial charge is 0.220 e. The van der Waals surface area contributed by atoms with Crippen molar-refractivity contribution >= 4 is 32.7 Å². The lowest BCUT2D eigenvalue weighted by molar-refractivity contribution is 0.572. The summed E-state index contributed by atoms with van der Waals surface area (Å²) in [6, 6.07) is 0. The highest BCUT2D eigenvalue weighted by molar-refractivity contribution is 7.78. The van der Waals surface area contributed by atoms with Crippen molar-refractivity contribution in [1.29, 1.82) is 0 Å². The summed E-state index contributed by atoms with van der Waals surface area (Å²) >= 11 is 4.34. The van der Waals surface area contributed by atoms with E-state index in [2.05, 4.69) is 23.8 Å². The summed E-state index contributed by atoms with van der Waals surface area (Å²) < 4.78 is 0. The molecule has 6 heavy (non-hydrogen) atoms. The van der Waals surface area contributed by atoms with Gasteiger partial charge in [0, 0.05) is 12.2 Å². The standard InChI is InChI=1S/COS.2CH3.Al/c2-1-3;;;/h;2*1H3;. The maximum atomic E-state index is 8.50. The molecule has 0 aromatic carbocycles. The second-order valence-electron chi connectivity index (χ2n) is 0.661. The van der Waals surface area contributed by atoms with Gasteiger partial charge in [-0.2, -0.15) is 0 Å². The summed E-state index contributed by atoms with van der Waals surface area (Å²) in [6.07, 6.45) is 0. The number of hydrogen-bond acceptors (Lipinski definition) is 2. The minimum Gasteiger partial charge on any atom is -0.220 e. The van der Waals surface area contributed by atoms with Crippen molar-refractivity contribution in [3.05, 3.63) is 0 Å². The highest BCUT2D eigenvalue weighted by Crippen LogP contribution is 1.36. The van der Waals surface area contributed by atoms with Gasteiger partial charge in [-0.05, 0) is 0 Å². The van der Waals surface area contributed by atoms with Gasteiger partial charge >= 0.3 is 0 Å². The Balaban J connectivity index is 0. The van der Waals surface area contributed by atoms with Gasteiger partial charge in [-0.15, -0.1) is 11.6 Å². The fourth-order valence-corrected chi connectivity index (χ4v) is 0. The van der Waals surface area contributed by atoms with E-state index in [0.29, 0.717) is 0 Å². The van der Waals surface area contributed by atoms with Crippen molar-refractivity contribution in [2.75, 3.05) is 0 Å². The van der Waals surface area contributed by atoms with Gasteiger partial charge in [0.15, 0.2) is 15.2 Å². The van der Waals surface area contributed by atoms with Crippen LogP contribution in [0.5, 0.6) is 0 Å². The molecule has 0 fully saturated rings. The van der Waals surface area contributed by atoms with Crippen LogP contribution in [0.1, 0.15) is 0 Å². The third-order valence-corrected chi connectivity index (χ3v) is 0. The molecule has 0 atom stereocenters. The minimum atomic E-state index is 0.750. The van der Waals surface area contributed by atoms with Gasteiger partial charge in [0.1, 0.15) is 0 Å². The molecule has 0 rings (SSSR count). The van der Waals surface area contributed by atoms with Crippen molar-refractivity contribution in [3.8, 4) is 0 Å². The van der Waals surface area contributed by atoms with Crippen LogP contribution in [0.2, 0.25) is 11.6 Å². The molecule has 0 unspecified atom stereocenters. The molecule has 0 aliphatic carbocycles. The number of carbonyl (C=O) groups excluding carboxylic acids is 1. The Morgan fingerprint density at radius 2 is 1.67 bits per heavy atom. The van der Waals surface area contributed by atoms with Gasteiger partial charge < -0.3 is 0 Å². The summed E-state index contributed by atoms with van der Waals surface area (Å²) in [5, 5.41) is 1.08. The van der Waals surface area contributed by atoms with Crippen LogP contribution < -0.4 is 0 Å². The van der Waals surface area contributed by atoms with Crippen LogP contribution in [0, 0.1) is 0 Å². The predicted octanol–water partition coefficient (Wildman–Crippen LogP) is 1.04. The van der Waals surface area contributed by atoms with Gasteiger partial charge in [-0.25, -0.2) is 4.79 Å². The van der Waals surface area contributed by atoms with Crippen LogP contribution in [0.25, 0.3) is 0 Å². The molecule has 0 saturated heterocycles. The zero-order valence-electron chi connectivity index (χ0n) is 3.89. The Bertz CT molecular complexity index is 40.1. The molecule has 0 amide bonds. The maximum Gasteiger partial charge on any atom is 0.202 e. The van der Waals surface area contributed by atoms with E-state index in [1.165, 1.54) is 0 Å². The lowest BCUT2D eigenvalue weighted by Gasteiger charge is -1.38. The zero-order chi connectivity index (χ0) is 5.41. The van der Waals surface area contributed by atoms with Gasteiger partial charge in [-0.1, -0.05) is 0 Å². The van der Waals surface area contributed by atoms with E-state index in [0.717, 1.165) is 20.5 Å². The van der Waals surface area contributed by atoms with Crippen molar-refractivity contribution < 1.29 is 4.79 Å². The Hall–Kier alpha value is 0.332. The molecule has 1 nitrogen and oxygen atoms in total. The Kier molecular flexibility index (Phi) is 29.4. The molecule has 0 aliphatic rings. The molecule has 0 saturated carbocycles. The van der Waals surface area contributed by atoms with Crippen LogP contribution in [0.15, 0.2) is 0 Å². The molecule has 0 aromatic heterocycles. The van der Waals surface area contributed by atoms with Crippen molar-refractivity contribution in [1.82, 2.24) is 0 Å². The molecular formula is C3H6AlOS. The molecule has 3 heteroatoms. The molecule has 33 valence electrons. The number of rotatable bonds is 0. The SMILES string of the molecule is O=C=S.[CH3][Al][CH3]. The van der Waals surface area contributed by atoms with E-state index >= 15 is 0 Å². The van der Waals surface area contributed by atoms with Gasteiger partial charge in [-0.3, -0.25) is 0 Å². The molecule has 0 spiro atoms. The molecule has 0 bridgehead atoms. The van der Waals surface area contributed by atoms with E-state index in [-0.39, 0.29) is 0 Å². The van der Waals surface area contributed by atoms with Crippen molar-refractivity contribution in [3.63, 3.8) is 0 Å². The highest BCUT2D eigenvalue weighted by Gasteiger charge is 1.46. The second kappa shape index (κ2) is 18.4. The Labute approximate surface area is 49.5 Å². The first-order chi connectivity index (χ1) is 2.83. The van der Waals surface area contributed by atoms with Crippen LogP contribution >= 0.6 is 12.2 Å². The quantitative estimate of drug-likeness (QED) is 0.348. The molecule has 0 heterocycles. The van der Waals surface area contributed by atoms with E-state index < -0.39 is 0 Å². The van der Waals surface area contributed by atoms with Crippen LogP contribution in [-0.4, -0.2) is 20.5 Å². The topological polar surface area (TPSA) is 17.1 Å². The van der Waals surface area contributed by atoms with Crippen molar-refractivity contribution in [2.45, 2.75) is 11.6 Å². The minimum absolute atomic E-state index is 0.750. The maximum absolute atomic E-state index is 8.50. The fraction of sp³-hybridized carbons (Fsp3) is 0.667. The first-order valence-corrected chi connectivity index (χ1v) is 4.28. The lowest BCUT2D eigenvalue weighted by Crippen LogP contribution is -1.53. The molecule has 1 radical (unpaired) electrons. The first-order valence-electron chi connectivity index (χ1n) is 1.56. The summed E-state index contributed by atoms with van der Waals surface area (Å²) in [4.78, 5) is 8.50. The number of hydrogen-bond donors (Lipinski definition) is 0. The van der Waals surface area contributed by atoms with Gasteiger partial charge in [0.2, 0.25) is 5.23 Å². The van der Waals surface area contributed by atoms with Crippen LogP contribution in [-0.2, 0) is 4.79 Å². The molecular weight excluding hydrogens is 111 g/mol.